The molecular weight excluding hydrogens is 266 g/mol. The van der Waals surface area contributed by atoms with Crippen LogP contribution in [0.25, 0.3) is 0 Å². The summed E-state index contributed by atoms with van der Waals surface area (Å²) in [6, 6.07) is 9.38. The van der Waals surface area contributed by atoms with Gasteiger partial charge in [0.25, 0.3) is 5.91 Å². The van der Waals surface area contributed by atoms with Gasteiger partial charge in [-0.1, -0.05) is 39.0 Å². The van der Waals surface area contributed by atoms with Crippen LogP contribution < -0.4 is 10.1 Å². The van der Waals surface area contributed by atoms with Gasteiger partial charge in [-0.25, -0.2) is 0 Å². The monoisotopic (exact) mass is 293 g/mol. The minimum atomic E-state index is -0.471. The summed E-state index contributed by atoms with van der Waals surface area (Å²) in [5, 5.41) is 11.8. The highest BCUT2D eigenvalue weighted by Gasteiger charge is 2.22. The summed E-state index contributed by atoms with van der Waals surface area (Å²) in [4.78, 5) is 12.2. The molecule has 1 amide bonds. The van der Waals surface area contributed by atoms with Crippen LogP contribution in [0, 0.1) is 5.41 Å². The van der Waals surface area contributed by atoms with Crippen molar-refractivity contribution in [3.63, 3.8) is 0 Å². The molecule has 4 heteroatoms. The van der Waals surface area contributed by atoms with E-state index in [1.165, 1.54) is 0 Å². The van der Waals surface area contributed by atoms with Crippen molar-refractivity contribution in [2.45, 2.75) is 46.1 Å². The van der Waals surface area contributed by atoms with Gasteiger partial charge in [0, 0.05) is 13.2 Å². The third kappa shape index (κ3) is 6.63. The molecular formula is C17H27NO3. The number of aliphatic hydroxyl groups is 1. The van der Waals surface area contributed by atoms with Crippen LogP contribution in [0.2, 0.25) is 0 Å². The Morgan fingerprint density at radius 1 is 1.33 bits per heavy atom. The standard InChI is InChI=1S/C17H27NO3/c1-4-15(21-14-9-6-5-7-10-14)16(20)18-13-17(2,3)11-8-12-19/h5-7,9-10,15,19H,4,8,11-13H2,1-3H3,(H,18,20). The summed E-state index contributed by atoms with van der Waals surface area (Å²) in [7, 11) is 0. The van der Waals surface area contributed by atoms with Crippen LogP contribution in [0.3, 0.4) is 0 Å². The molecule has 4 nitrogen and oxygen atoms in total. The lowest BCUT2D eigenvalue weighted by molar-refractivity contribution is -0.128. The normalized spacial score (nSPS) is 12.8. The largest absolute Gasteiger partial charge is 0.481 e. The third-order valence-electron chi connectivity index (χ3n) is 3.44. The van der Waals surface area contributed by atoms with Crippen molar-refractivity contribution >= 4 is 5.91 Å². The summed E-state index contributed by atoms with van der Waals surface area (Å²) in [6.45, 7) is 6.88. The zero-order valence-corrected chi connectivity index (χ0v) is 13.3. The first-order chi connectivity index (χ1) is 9.98. The van der Waals surface area contributed by atoms with Crippen LogP contribution in [-0.2, 0) is 4.79 Å². The number of benzene rings is 1. The van der Waals surface area contributed by atoms with E-state index in [2.05, 4.69) is 19.2 Å². The minimum absolute atomic E-state index is 0.0244. The number of para-hydroxylation sites is 1. The van der Waals surface area contributed by atoms with Gasteiger partial charge >= 0.3 is 0 Å². The van der Waals surface area contributed by atoms with E-state index in [0.29, 0.717) is 18.7 Å². The zero-order chi connectivity index (χ0) is 15.7. The number of aliphatic hydroxyl groups excluding tert-OH is 1. The Morgan fingerprint density at radius 3 is 2.57 bits per heavy atom. The Balaban J connectivity index is 2.48. The summed E-state index contributed by atoms with van der Waals surface area (Å²) in [5.41, 5.74) is -0.0244. The van der Waals surface area contributed by atoms with Crippen molar-refractivity contribution in [1.82, 2.24) is 5.32 Å². The summed E-state index contributed by atoms with van der Waals surface area (Å²) < 4.78 is 5.72. The van der Waals surface area contributed by atoms with Gasteiger partial charge in [-0.2, -0.15) is 0 Å². The van der Waals surface area contributed by atoms with Crippen LogP contribution >= 0.6 is 0 Å². The number of ether oxygens (including phenoxy) is 1. The second-order valence-corrected chi connectivity index (χ2v) is 6.04. The van der Waals surface area contributed by atoms with E-state index >= 15 is 0 Å². The predicted octanol–water partition coefficient (Wildman–Crippen LogP) is 2.76. The first kappa shape index (κ1) is 17.5. The van der Waals surface area contributed by atoms with Crippen molar-refractivity contribution < 1.29 is 14.6 Å². The van der Waals surface area contributed by atoms with E-state index in [-0.39, 0.29) is 17.9 Å². The van der Waals surface area contributed by atoms with E-state index < -0.39 is 6.10 Å². The van der Waals surface area contributed by atoms with E-state index in [1.54, 1.807) is 0 Å². The quantitative estimate of drug-likeness (QED) is 0.736. The molecule has 0 aliphatic heterocycles. The maximum Gasteiger partial charge on any atom is 0.261 e. The van der Waals surface area contributed by atoms with Gasteiger partial charge in [-0.15, -0.1) is 0 Å². The SMILES string of the molecule is CCC(Oc1ccccc1)C(=O)NCC(C)(C)CCCO. The molecule has 0 aliphatic rings. The van der Waals surface area contributed by atoms with Crippen LogP contribution in [0.1, 0.15) is 40.0 Å². The highest BCUT2D eigenvalue weighted by molar-refractivity contribution is 5.81. The Labute approximate surface area is 127 Å². The maximum atomic E-state index is 12.2. The number of rotatable bonds is 9. The second-order valence-electron chi connectivity index (χ2n) is 6.04. The van der Waals surface area contributed by atoms with Crippen LogP contribution in [0.5, 0.6) is 5.75 Å². The highest BCUT2D eigenvalue weighted by atomic mass is 16.5. The summed E-state index contributed by atoms with van der Waals surface area (Å²) >= 11 is 0. The zero-order valence-electron chi connectivity index (χ0n) is 13.3. The first-order valence-electron chi connectivity index (χ1n) is 7.59. The smallest absolute Gasteiger partial charge is 0.261 e. The number of hydrogen-bond donors (Lipinski definition) is 2. The molecule has 1 unspecified atom stereocenters. The van der Waals surface area contributed by atoms with E-state index in [4.69, 9.17) is 9.84 Å². The van der Waals surface area contributed by atoms with Gasteiger partial charge in [0.1, 0.15) is 5.75 Å². The molecule has 1 atom stereocenters. The molecule has 1 rings (SSSR count). The molecule has 1 aromatic carbocycles. The fourth-order valence-electron chi connectivity index (χ4n) is 2.07. The van der Waals surface area contributed by atoms with E-state index in [1.807, 2.05) is 37.3 Å². The lowest BCUT2D eigenvalue weighted by Crippen LogP contribution is -2.42. The molecule has 21 heavy (non-hydrogen) atoms. The van der Waals surface area contributed by atoms with Gasteiger partial charge < -0.3 is 15.2 Å². The molecule has 118 valence electrons. The summed E-state index contributed by atoms with van der Waals surface area (Å²) in [6.07, 6.45) is 1.78. The molecule has 0 spiro atoms. The van der Waals surface area contributed by atoms with Crippen LogP contribution in [0.4, 0.5) is 0 Å². The third-order valence-corrected chi connectivity index (χ3v) is 3.44. The molecule has 0 bridgehead atoms. The lowest BCUT2D eigenvalue weighted by Gasteiger charge is -2.26. The average Bonchev–Trinajstić information content (AvgIpc) is 2.49. The van der Waals surface area contributed by atoms with Gasteiger partial charge in [-0.3, -0.25) is 4.79 Å². The molecule has 0 aromatic heterocycles. The average molecular weight is 293 g/mol. The van der Waals surface area contributed by atoms with E-state index in [9.17, 15) is 4.79 Å². The minimum Gasteiger partial charge on any atom is -0.481 e. The Hall–Kier alpha value is -1.55. The Bertz CT molecular complexity index is 417. The Morgan fingerprint density at radius 2 is 2.00 bits per heavy atom. The molecule has 2 N–H and O–H groups in total. The topological polar surface area (TPSA) is 58.6 Å². The second kappa shape index (κ2) is 8.67. The van der Waals surface area contributed by atoms with Crippen molar-refractivity contribution in [3.05, 3.63) is 30.3 Å². The number of nitrogens with one attached hydrogen (secondary N) is 1. The van der Waals surface area contributed by atoms with Crippen molar-refractivity contribution in [2.75, 3.05) is 13.2 Å². The lowest BCUT2D eigenvalue weighted by atomic mass is 9.88. The van der Waals surface area contributed by atoms with E-state index in [0.717, 1.165) is 12.8 Å². The molecule has 0 saturated heterocycles. The Kier molecular flexibility index (Phi) is 7.23. The molecule has 1 aromatic rings. The van der Waals surface area contributed by atoms with Gasteiger partial charge in [0.05, 0.1) is 0 Å². The van der Waals surface area contributed by atoms with Crippen LogP contribution in [0.15, 0.2) is 30.3 Å². The predicted molar refractivity (Wildman–Crippen MR) is 84.3 cm³/mol. The number of carbonyl (C=O) groups is 1. The van der Waals surface area contributed by atoms with Gasteiger partial charge in [0.2, 0.25) is 0 Å². The fraction of sp³-hybridized carbons (Fsp3) is 0.588. The van der Waals surface area contributed by atoms with Crippen LogP contribution in [-0.4, -0.2) is 30.3 Å². The molecule has 0 radical (unpaired) electrons. The molecule has 0 heterocycles. The van der Waals surface area contributed by atoms with Gasteiger partial charge in [-0.05, 0) is 36.8 Å². The first-order valence-corrected chi connectivity index (χ1v) is 7.59. The number of hydrogen-bond acceptors (Lipinski definition) is 3. The van der Waals surface area contributed by atoms with Crippen molar-refractivity contribution in [1.29, 1.82) is 0 Å². The highest BCUT2D eigenvalue weighted by Crippen LogP contribution is 2.21. The fourth-order valence-corrected chi connectivity index (χ4v) is 2.07. The van der Waals surface area contributed by atoms with Crippen molar-refractivity contribution in [2.24, 2.45) is 5.41 Å². The number of amides is 1. The van der Waals surface area contributed by atoms with Gasteiger partial charge in [0.15, 0.2) is 6.10 Å². The van der Waals surface area contributed by atoms with Crippen molar-refractivity contribution in [3.8, 4) is 5.75 Å². The molecule has 0 fully saturated rings. The number of carbonyl (C=O) groups excluding carboxylic acids is 1. The summed E-state index contributed by atoms with van der Waals surface area (Å²) in [5.74, 6) is 0.623. The molecule has 0 aliphatic carbocycles. The maximum absolute atomic E-state index is 12.2. The molecule has 0 saturated carbocycles.